The van der Waals surface area contributed by atoms with Crippen LogP contribution in [-0.2, 0) is 4.74 Å². The summed E-state index contributed by atoms with van der Waals surface area (Å²) in [5.74, 6) is 0.881. The third-order valence-corrected chi connectivity index (χ3v) is 3.20. The highest BCUT2D eigenvalue weighted by Crippen LogP contribution is 2.16. The van der Waals surface area contributed by atoms with Gasteiger partial charge in [-0.05, 0) is 46.2 Å². The van der Waals surface area contributed by atoms with Gasteiger partial charge >= 0.3 is 6.09 Å². The van der Waals surface area contributed by atoms with Gasteiger partial charge < -0.3 is 24.5 Å². The number of carbonyl (C=O) groups excluding carboxylic acids is 1. The third-order valence-electron chi connectivity index (χ3n) is 3.20. The SMILES string of the molecule is CCC(NCCN(CC(C)O)C(=O)OC(C)(C)C)c1ccco1. The molecule has 0 aromatic carbocycles. The van der Waals surface area contributed by atoms with Gasteiger partial charge in [0.2, 0.25) is 0 Å². The van der Waals surface area contributed by atoms with Crippen molar-refractivity contribution in [3.05, 3.63) is 24.2 Å². The Morgan fingerprint density at radius 3 is 2.65 bits per heavy atom. The number of nitrogens with one attached hydrogen (secondary N) is 1. The molecule has 2 N–H and O–H groups in total. The minimum Gasteiger partial charge on any atom is -0.468 e. The lowest BCUT2D eigenvalue weighted by Crippen LogP contribution is -2.43. The summed E-state index contributed by atoms with van der Waals surface area (Å²) in [6, 6.07) is 3.90. The number of aliphatic hydroxyl groups is 1. The molecule has 1 rings (SSSR count). The zero-order chi connectivity index (χ0) is 17.5. The highest BCUT2D eigenvalue weighted by Gasteiger charge is 2.23. The first-order valence-electron chi connectivity index (χ1n) is 8.15. The predicted octanol–water partition coefficient (Wildman–Crippen LogP) is 2.94. The van der Waals surface area contributed by atoms with Crippen LogP contribution in [0.3, 0.4) is 0 Å². The maximum Gasteiger partial charge on any atom is 0.410 e. The number of nitrogens with zero attached hydrogens (tertiary/aromatic N) is 1. The van der Waals surface area contributed by atoms with E-state index in [1.54, 1.807) is 13.2 Å². The summed E-state index contributed by atoms with van der Waals surface area (Å²) < 4.78 is 10.8. The molecular formula is C17H30N2O4. The highest BCUT2D eigenvalue weighted by atomic mass is 16.6. The molecule has 6 heteroatoms. The smallest absolute Gasteiger partial charge is 0.410 e. The summed E-state index contributed by atoms with van der Waals surface area (Å²) >= 11 is 0. The Balaban J connectivity index is 2.55. The van der Waals surface area contributed by atoms with E-state index in [1.165, 1.54) is 4.90 Å². The van der Waals surface area contributed by atoms with E-state index in [2.05, 4.69) is 12.2 Å². The average Bonchev–Trinajstić information content (AvgIpc) is 2.93. The van der Waals surface area contributed by atoms with Crippen LogP contribution in [0.15, 0.2) is 22.8 Å². The van der Waals surface area contributed by atoms with E-state index >= 15 is 0 Å². The van der Waals surface area contributed by atoms with Crippen LogP contribution >= 0.6 is 0 Å². The van der Waals surface area contributed by atoms with Crippen molar-refractivity contribution < 1.29 is 19.1 Å². The molecule has 0 bridgehead atoms. The summed E-state index contributed by atoms with van der Waals surface area (Å²) in [6.45, 7) is 10.5. The number of hydrogen-bond donors (Lipinski definition) is 2. The van der Waals surface area contributed by atoms with E-state index in [4.69, 9.17) is 9.15 Å². The molecule has 0 aliphatic heterocycles. The maximum atomic E-state index is 12.2. The second-order valence-electron chi connectivity index (χ2n) is 6.71. The van der Waals surface area contributed by atoms with E-state index in [1.807, 2.05) is 32.9 Å². The summed E-state index contributed by atoms with van der Waals surface area (Å²) in [4.78, 5) is 13.7. The Morgan fingerprint density at radius 2 is 2.17 bits per heavy atom. The number of hydrogen-bond acceptors (Lipinski definition) is 5. The zero-order valence-electron chi connectivity index (χ0n) is 14.8. The third kappa shape index (κ3) is 7.52. The van der Waals surface area contributed by atoms with Gasteiger partial charge in [-0.25, -0.2) is 4.79 Å². The van der Waals surface area contributed by atoms with Gasteiger partial charge in [0, 0.05) is 19.6 Å². The van der Waals surface area contributed by atoms with Gasteiger partial charge in [-0.2, -0.15) is 0 Å². The Hall–Kier alpha value is -1.53. The number of carbonyl (C=O) groups is 1. The molecule has 1 heterocycles. The molecule has 132 valence electrons. The van der Waals surface area contributed by atoms with Crippen molar-refractivity contribution in [1.82, 2.24) is 10.2 Å². The molecule has 2 unspecified atom stereocenters. The van der Waals surface area contributed by atoms with Crippen LogP contribution in [0.1, 0.15) is 52.8 Å². The summed E-state index contributed by atoms with van der Waals surface area (Å²) in [5.41, 5.74) is -0.554. The summed E-state index contributed by atoms with van der Waals surface area (Å²) in [5, 5.41) is 13.0. The molecule has 1 aromatic heterocycles. The topological polar surface area (TPSA) is 74.9 Å². The molecular weight excluding hydrogens is 296 g/mol. The van der Waals surface area contributed by atoms with Crippen molar-refractivity contribution in [2.24, 2.45) is 0 Å². The van der Waals surface area contributed by atoms with E-state index < -0.39 is 17.8 Å². The van der Waals surface area contributed by atoms with Gasteiger partial charge in [0.1, 0.15) is 11.4 Å². The molecule has 0 aliphatic carbocycles. The van der Waals surface area contributed by atoms with Crippen LogP contribution in [0.4, 0.5) is 4.79 Å². The van der Waals surface area contributed by atoms with Gasteiger partial charge in [0.05, 0.1) is 18.4 Å². The highest BCUT2D eigenvalue weighted by molar-refractivity contribution is 5.68. The van der Waals surface area contributed by atoms with Crippen LogP contribution in [0.25, 0.3) is 0 Å². The maximum absolute atomic E-state index is 12.2. The second kappa shape index (κ2) is 8.93. The molecule has 6 nitrogen and oxygen atoms in total. The van der Waals surface area contributed by atoms with Gasteiger partial charge in [-0.1, -0.05) is 6.92 Å². The van der Waals surface area contributed by atoms with Crippen molar-refractivity contribution in [2.45, 2.75) is 58.8 Å². The molecule has 23 heavy (non-hydrogen) atoms. The fraction of sp³-hybridized carbons (Fsp3) is 0.706. The first kappa shape index (κ1) is 19.5. The van der Waals surface area contributed by atoms with E-state index in [9.17, 15) is 9.90 Å². The summed E-state index contributed by atoms with van der Waals surface area (Å²) in [6.07, 6.45) is 1.53. The lowest BCUT2D eigenvalue weighted by atomic mass is 10.2. The molecule has 0 fully saturated rings. The molecule has 0 saturated heterocycles. The number of amides is 1. The van der Waals surface area contributed by atoms with Crippen LogP contribution in [0.2, 0.25) is 0 Å². The van der Waals surface area contributed by atoms with Gasteiger partial charge in [0.25, 0.3) is 0 Å². The van der Waals surface area contributed by atoms with Crippen LogP contribution in [-0.4, -0.2) is 47.4 Å². The van der Waals surface area contributed by atoms with Gasteiger partial charge in [-0.15, -0.1) is 0 Å². The minimum absolute atomic E-state index is 0.108. The van der Waals surface area contributed by atoms with Gasteiger partial charge in [0.15, 0.2) is 0 Å². The number of rotatable bonds is 8. The van der Waals surface area contributed by atoms with Crippen LogP contribution in [0.5, 0.6) is 0 Å². The van der Waals surface area contributed by atoms with Crippen LogP contribution < -0.4 is 5.32 Å². The lowest BCUT2D eigenvalue weighted by molar-refractivity contribution is 0.0162. The van der Waals surface area contributed by atoms with Crippen LogP contribution in [0, 0.1) is 0 Å². The van der Waals surface area contributed by atoms with E-state index in [0.29, 0.717) is 13.1 Å². The average molecular weight is 326 g/mol. The fourth-order valence-corrected chi connectivity index (χ4v) is 2.21. The molecule has 1 amide bonds. The molecule has 0 saturated carbocycles. The Kier molecular flexibility index (Phi) is 7.58. The number of furan rings is 1. The lowest BCUT2D eigenvalue weighted by Gasteiger charge is -2.28. The van der Waals surface area contributed by atoms with Gasteiger partial charge in [-0.3, -0.25) is 0 Å². The predicted molar refractivity (Wildman–Crippen MR) is 89.2 cm³/mol. The van der Waals surface area contributed by atoms with E-state index in [-0.39, 0.29) is 12.6 Å². The number of aliphatic hydroxyl groups excluding tert-OH is 1. The minimum atomic E-state index is -0.602. The number of ether oxygens (including phenoxy) is 1. The Morgan fingerprint density at radius 1 is 1.48 bits per heavy atom. The fourth-order valence-electron chi connectivity index (χ4n) is 2.21. The molecule has 0 aliphatic rings. The molecule has 2 atom stereocenters. The zero-order valence-corrected chi connectivity index (χ0v) is 14.8. The Bertz CT molecular complexity index is 452. The Labute approximate surface area is 138 Å². The van der Waals surface area contributed by atoms with Crippen molar-refractivity contribution in [3.63, 3.8) is 0 Å². The standard InChI is InChI=1S/C17H30N2O4/c1-6-14(15-8-7-11-22-15)18-9-10-19(12-13(2)20)16(21)23-17(3,4)5/h7-8,11,13-14,18,20H,6,9-10,12H2,1-5H3. The largest absolute Gasteiger partial charge is 0.468 e. The first-order chi connectivity index (χ1) is 10.7. The first-order valence-corrected chi connectivity index (χ1v) is 8.15. The molecule has 0 spiro atoms. The van der Waals surface area contributed by atoms with Crippen molar-refractivity contribution >= 4 is 6.09 Å². The summed E-state index contributed by atoms with van der Waals surface area (Å²) in [7, 11) is 0. The van der Waals surface area contributed by atoms with Crippen molar-refractivity contribution in [3.8, 4) is 0 Å². The molecule has 0 radical (unpaired) electrons. The van der Waals surface area contributed by atoms with Crippen molar-refractivity contribution in [2.75, 3.05) is 19.6 Å². The monoisotopic (exact) mass is 326 g/mol. The second-order valence-corrected chi connectivity index (χ2v) is 6.71. The normalized spacial score (nSPS) is 14.3. The van der Waals surface area contributed by atoms with Crippen molar-refractivity contribution in [1.29, 1.82) is 0 Å². The molecule has 1 aromatic rings. The van der Waals surface area contributed by atoms with E-state index in [0.717, 1.165) is 12.2 Å². The quantitative estimate of drug-likeness (QED) is 0.768.